The molecule has 1 aromatic heterocycles. The van der Waals surface area contributed by atoms with Gasteiger partial charge in [-0.15, -0.1) is 0 Å². The Morgan fingerprint density at radius 3 is 2.53 bits per heavy atom. The lowest BCUT2D eigenvalue weighted by molar-refractivity contribution is -0.169. The van der Waals surface area contributed by atoms with Gasteiger partial charge in [0.1, 0.15) is 11.5 Å². The first kappa shape index (κ1) is 21.1. The molecule has 3 heterocycles. The Morgan fingerprint density at radius 2 is 1.87 bits per heavy atom. The summed E-state index contributed by atoms with van der Waals surface area (Å²) in [6.45, 7) is 2.76. The minimum Gasteiger partial charge on any atom is -0.355 e. The Hall–Kier alpha value is -2.18. The van der Waals surface area contributed by atoms with Crippen LogP contribution < -0.4 is 15.7 Å². The third kappa shape index (κ3) is 4.93. The van der Waals surface area contributed by atoms with E-state index in [9.17, 15) is 5.21 Å². The van der Waals surface area contributed by atoms with Crippen LogP contribution in [-0.2, 0) is 9.47 Å². The van der Waals surface area contributed by atoms with Crippen molar-refractivity contribution in [2.24, 2.45) is 4.99 Å². The zero-order valence-electron chi connectivity index (χ0n) is 16.0. The molecule has 2 fully saturated rings. The van der Waals surface area contributed by atoms with Crippen molar-refractivity contribution >= 4 is 50.6 Å². The third-order valence-electron chi connectivity index (χ3n) is 4.94. The van der Waals surface area contributed by atoms with Gasteiger partial charge >= 0.3 is 0 Å². The molecule has 2 saturated heterocycles. The second-order valence-electron chi connectivity index (χ2n) is 6.87. The standard InChI is InChI=1S/C19H21BrN6O3S/c20-13-1-3-14(4-2-13)22-18(30)24-17(25-27)15-11-21-12-16(23-15)26-7-5-19(6-8-26)28-9-10-29-19/h1-4,11-12,27H,5-10H2,(H2,22,24,25,30). The third-order valence-corrected chi connectivity index (χ3v) is 5.66. The number of anilines is 2. The SMILES string of the molecule is ON/C(=N\C(=S)Nc1ccc(Br)cc1)c1cncc(N2CCC3(CC2)OCCO3)n1. The minimum absolute atomic E-state index is 0.106. The van der Waals surface area contributed by atoms with Gasteiger partial charge in [-0.25, -0.2) is 4.98 Å². The quantitative estimate of drug-likeness (QED) is 0.258. The second-order valence-corrected chi connectivity index (χ2v) is 8.17. The van der Waals surface area contributed by atoms with Crippen LogP contribution in [0.1, 0.15) is 18.5 Å². The molecule has 0 bridgehead atoms. The average molecular weight is 493 g/mol. The summed E-state index contributed by atoms with van der Waals surface area (Å²) in [4.78, 5) is 15.2. The van der Waals surface area contributed by atoms with E-state index in [4.69, 9.17) is 21.7 Å². The number of thiocarbonyl (C=S) groups is 1. The molecule has 0 saturated carbocycles. The van der Waals surface area contributed by atoms with Crippen molar-refractivity contribution in [3.8, 4) is 0 Å². The van der Waals surface area contributed by atoms with E-state index in [0.29, 0.717) is 24.7 Å². The highest BCUT2D eigenvalue weighted by molar-refractivity contribution is 9.10. The maximum Gasteiger partial charge on any atom is 0.199 e. The summed E-state index contributed by atoms with van der Waals surface area (Å²) in [5, 5.41) is 12.8. The summed E-state index contributed by atoms with van der Waals surface area (Å²) in [6.07, 6.45) is 4.73. The first-order chi connectivity index (χ1) is 14.6. The monoisotopic (exact) mass is 492 g/mol. The fraction of sp³-hybridized carbons (Fsp3) is 0.368. The predicted molar refractivity (Wildman–Crippen MR) is 120 cm³/mol. The molecule has 4 rings (SSSR count). The molecule has 1 spiro atoms. The molecule has 0 unspecified atom stereocenters. The molecule has 0 amide bonds. The molecule has 2 aromatic rings. The second kappa shape index (κ2) is 9.31. The Labute approximate surface area is 187 Å². The summed E-state index contributed by atoms with van der Waals surface area (Å²) in [6, 6.07) is 7.50. The van der Waals surface area contributed by atoms with E-state index in [-0.39, 0.29) is 10.9 Å². The molecular formula is C19H21BrN6O3S. The van der Waals surface area contributed by atoms with Crippen LogP contribution in [0.4, 0.5) is 11.5 Å². The molecule has 0 aliphatic carbocycles. The number of nitrogens with one attached hydrogen (secondary N) is 2. The maximum atomic E-state index is 9.58. The largest absolute Gasteiger partial charge is 0.355 e. The van der Waals surface area contributed by atoms with Gasteiger partial charge < -0.3 is 19.7 Å². The number of aliphatic imine (C=N–C) groups is 1. The number of hydrogen-bond donors (Lipinski definition) is 3. The summed E-state index contributed by atoms with van der Waals surface area (Å²) in [5.41, 5.74) is 3.23. The molecule has 30 heavy (non-hydrogen) atoms. The van der Waals surface area contributed by atoms with Crippen LogP contribution in [0, 0.1) is 0 Å². The Bertz CT molecular complexity index is 926. The van der Waals surface area contributed by atoms with Crippen LogP contribution in [0.15, 0.2) is 46.1 Å². The van der Waals surface area contributed by atoms with Crippen molar-refractivity contribution in [3.63, 3.8) is 0 Å². The Balaban J connectivity index is 1.45. The molecule has 1 aromatic carbocycles. The molecule has 158 valence electrons. The van der Waals surface area contributed by atoms with Gasteiger partial charge in [0.25, 0.3) is 0 Å². The fourth-order valence-electron chi connectivity index (χ4n) is 3.41. The summed E-state index contributed by atoms with van der Waals surface area (Å²) in [7, 11) is 0. The van der Waals surface area contributed by atoms with E-state index in [1.807, 2.05) is 24.3 Å². The van der Waals surface area contributed by atoms with Gasteiger partial charge in [0, 0.05) is 36.1 Å². The lowest BCUT2D eigenvalue weighted by Gasteiger charge is -2.38. The number of nitrogens with zero attached hydrogens (tertiary/aromatic N) is 4. The Morgan fingerprint density at radius 1 is 1.17 bits per heavy atom. The summed E-state index contributed by atoms with van der Waals surface area (Å²) in [5.74, 6) is 0.344. The van der Waals surface area contributed by atoms with Gasteiger partial charge in [-0.05, 0) is 36.5 Å². The molecular weight excluding hydrogens is 472 g/mol. The van der Waals surface area contributed by atoms with Gasteiger partial charge in [-0.1, -0.05) is 15.9 Å². The van der Waals surface area contributed by atoms with Gasteiger partial charge in [-0.3, -0.25) is 15.7 Å². The number of hydroxylamine groups is 1. The zero-order valence-corrected chi connectivity index (χ0v) is 18.4. The first-order valence-electron chi connectivity index (χ1n) is 9.48. The van der Waals surface area contributed by atoms with Gasteiger partial charge in [0.05, 0.1) is 25.6 Å². The highest BCUT2D eigenvalue weighted by Crippen LogP contribution is 2.32. The van der Waals surface area contributed by atoms with Gasteiger partial charge in [0.15, 0.2) is 16.7 Å². The molecule has 0 radical (unpaired) electrons. The van der Waals surface area contributed by atoms with Crippen LogP contribution in [0.25, 0.3) is 0 Å². The average Bonchev–Trinajstić information content (AvgIpc) is 3.22. The van der Waals surface area contributed by atoms with Crippen LogP contribution in [0.2, 0.25) is 0 Å². The molecule has 2 aliphatic heterocycles. The highest BCUT2D eigenvalue weighted by Gasteiger charge is 2.40. The van der Waals surface area contributed by atoms with Crippen molar-refractivity contribution in [2.45, 2.75) is 18.6 Å². The van der Waals surface area contributed by atoms with Crippen LogP contribution >= 0.6 is 28.1 Å². The number of benzene rings is 1. The molecule has 3 N–H and O–H groups in total. The lowest BCUT2D eigenvalue weighted by atomic mass is 10.0. The first-order valence-corrected chi connectivity index (χ1v) is 10.7. The Kier molecular flexibility index (Phi) is 6.54. The van der Waals surface area contributed by atoms with E-state index < -0.39 is 5.79 Å². The van der Waals surface area contributed by atoms with Crippen molar-refractivity contribution < 1.29 is 14.7 Å². The van der Waals surface area contributed by atoms with E-state index in [1.165, 1.54) is 6.20 Å². The smallest absolute Gasteiger partial charge is 0.199 e. The number of halogens is 1. The number of piperidine rings is 1. The van der Waals surface area contributed by atoms with Gasteiger partial charge in [-0.2, -0.15) is 4.99 Å². The number of aromatic nitrogens is 2. The number of hydrogen-bond acceptors (Lipinski definition) is 7. The van der Waals surface area contributed by atoms with Crippen molar-refractivity contribution in [2.75, 3.05) is 36.5 Å². The highest BCUT2D eigenvalue weighted by atomic mass is 79.9. The number of amidine groups is 1. The van der Waals surface area contributed by atoms with E-state index >= 15 is 0 Å². The minimum atomic E-state index is -0.453. The normalized spacial score (nSPS) is 18.5. The van der Waals surface area contributed by atoms with Crippen LogP contribution in [0.3, 0.4) is 0 Å². The van der Waals surface area contributed by atoms with Crippen molar-refractivity contribution in [1.29, 1.82) is 0 Å². The topological polar surface area (TPSA) is 104 Å². The van der Waals surface area contributed by atoms with Crippen LogP contribution in [-0.4, -0.2) is 58.2 Å². The molecule has 11 heteroatoms. The molecule has 9 nitrogen and oxygen atoms in total. The summed E-state index contributed by atoms with van der Waals surface area (Å²) < 4.78 is 12.5. The fourth-order valence-corrected chi connectivity index (χ4v) is 3.88. The number of ether oxygens (including phenoxy) is 2. The van der Waals surface area contributed by atoms with Crippen molar-refractivity contribution in [1.82, 2.24) is 15.4 Å². The number of rotatable bonds is 3. The summed E-state index contributed by atoms with van der Waals surface area (Å²) >= 11 is 8.67. The van der Waals surface area contributed by atoms with Crippen molar-refractivity contribution in [3.05, 3.63) is 46.8 Å². The maximum absolute atomic E-state index is 9.58. The van der Waals surface area contributed by atoms with E-state index in [2.05, 4.69) is 46.6 Å². The zero-order chi connectivity index (χ0) is 21.0. The lowest BCUT2D eigenvalue weighted by Crippen LogP contribution is -2.45. The van der Waals surface area contributed by atoms with Crippen LogP contribution in [0.5, 0.6) is 0 Å². The van der Waals surface area contributed by atoms with Gasteiger partial charge in [0.2, 0.25) is 0 Å². The van der Waals surface area contributed by atoms with E-state index in [0.717, 1.165) is 36.1 Å². The molecule has 0 atom stereocenters. The van der Waals surface area contributed by atoms with E-state index in [1.54, 1.807) is 6.20 Å². The predicted octanol–water partition coefficient (Wildman–Crippen LogP) is 2.70. The molecule has 2 aliphatic rings.